The van der Waals surface area contributed by atoms with Crippen molar-refractivity contribution >= 4 is 22.8 Å². The quantitative estimate of drug-likeness (QED) is 0.726. The Morgan fingerprint density at radius 1 is 1.12 bits per heavy atom. The molecular formula is C12H9N3OS. The van der Waals surface area contributed by atoms with Crippen LogP contribution in [0, 0.1) is 0 Å². The molecule has 0 aliphatic carbocycles. The van der Waals surface area contributed by atoms with Crippen LogP contribution in [0.25, 0.3) is 11.0 Å². The van der Waals surface area contributed by atoms with Crippen molar-refractivity contribution in [1.29, 1.82) is 0 Å². The van der Waals surface area contributed by atoms with Gasteiger partial charge < -0.3 is 9.97 Å². The van der Waals surface area contributed by atoms with Gasteiger partial charge >= 0.3 is 0 Å². The van der Waals surface area contributed by atoms with Crippen molar-refractivity contribution in [1.82, 2.24) is 15.0 Å². The predicted octanol–water partition coefficient (Wildman–Crippen LogP) is 2.40. The molecule has 0 radical (unpaired) electrons. The molecule has 1 aromatic carbocycles. The molecule has 5 heteroatoms. The van der Waals surface area contributed by atoms with Crippen molar-refractivity contribution in [3.63, 3.8) is 0 Å². The number of hydrogen-bond donors (Lipinski definition) is 2. The predicted molar refractivity (Wildman–Crippen MR) is 67.3 cm³/mol. The van der Waals surface area contributed by atoms with Gasteiger partial charge in [-0.15, -0.1) is 0 Å². The SMILES string of the molecule is O=c1[nH]cnc2c(Sc3ccccc3)c[nH]c12. The summed E-state index contributed by atoms with van der Waals surface area (Å²) in [5, 5.41) is 0. The minimum atomic E-state index is -0.144. The Morgan fingerprint density at radius 3 is 2.76 bits per heavy atom. The molecule has 2 N–H and O–H groups in total. The van der Waals surface area contributed by atoms with Gasteiger partial charge in [0, 0.05) is 11.1 Å². The summed E-state index contributed by atoms with van der Waals surface area (Å²) in [4.78, 5) is 23.3. The molecule has 3 rings (SSSR count). The molecule has 17 heavy (non-hydrogen) atoms. The maximum absolute atomic E-state index is 11.5. The van der Waals surface area contributed by atoms with E-state index in [1.54, 1.807) is 11.8 Å². The molecule has 0 aliphatic rings. The molecule has 2 heterocycles. The van der Waals surface area contributed by atoms with Gasteiger partial charge in [-0.05, 0) is 12.1 Å². The van der Waals surface area contributed by atoms with E-state index in [1.165, 1.54) is 6.33 Å². The molecule has 0 saturated heterocycles. The van der Waals surface area contributed by atoms with E-state index in [0.29, 0.717) is 11.0 Å². The largest absolute Gasteiger partial charge is 0.354 e. The van der Waals surface area contributed by atoms with Gasteiger partial charge in [-0.2, -0.15) is 0 Å². The van der Waals surface area contributed by atoms with Crippen LogP contribution in [0.1, 0.15) is 0 Å². The summed E-state index contributed by atoms with van der Waals surface area (Å²) in [6, 6.07) is 9.99. The minimum Gasteiger partial charge on any atom is -0.354 e. The van der Waals surface area contributed by atoms with E-state index in [9.17, 15) is 4.79 Å². The Morgan fingerprint density at radius 2 is 1.94 bits per heavy atom. The van der Waals surface area contributed by atoms with Gasteiger partial charge in [0.1, 0.15) is 11.0 Å². The highest BCUT2D eigenvalue weighted by Crippen LogP contribution is 2.30. The second kappa shape index (κ2) is 4.10. The number of nitrogens with zero attached hydrogens (tertiary/aromatic N) is 1. The molecule has 3 aromatic rings. The van der Waals surface area contributed by atoms with Gasteiger partial charge in [-0.3, -0.25) is 4.79 Å². The number of rotatable bonds is 2. The number of hydrogen-bond acceptors (Lipinski definition) is 3. The normalized spacial score (nSPS) is 10.8. The molecule has 84 valence electrons. The second-order valence-electron chi connectivity index (χ2n) is 3.52. The Balaban J connectivity index is 2.08. The van der Waals surface area contributed by atoms with Gasteiger partial charge in [0.2, 0.25) is 0 Å². The van der Waals surface area contributed by atoms with E-state index >= 15 is 0 Å². The maximum atomic E-state index is 11.5. The minimum absolute atomic E-state index is 0.144. The zero-order valence-electron chi connectivity index (χ0n) is 8.81. The van der Waals surface area contributed by atoms with Gasteiger partial charge in [0.05, 0.1) is 11.2 Å². The van der Waals surface area contributed by atoms with E-state index in [0.717, 1.165) is 9.79 Å². The highest BCUT2D eigenvalue weighted by molar-refractivity contribution is 7.99. The molecule has 0 fully saturated rings. The third-order valence-electron chi connectivity index (χ3n) is 2.41. The van der Waals surface area contributed by atoms with Crippen molar-refractivity contribution in [2.45, 2.75) is 9.79 Å². The van der Waals surface area contributed by atoms with E-state index < -0.39 is 0 Å². The fourth-order valence-corrected chi connectivity index (χ4v) is 2.54. The number of fused-ring (bicyclic) bond motifs is 1. The van der Waals surface area contributed by atoms with Crippen molar-refractivity contribution in [2.24, 2.45) is 0 Å². The topological polar surface area (TPSA) is 61.5 Å². The lowest BCUT2D eigenvalue weighted by atomic mass is 10.4. The third-order valence-corrected chi connectivity index (χ3v) is 3.44. The highest BCUT2D eigenvalue weighted by Gasteiger charge is 2.08. The van der Waals surface area contributed by atoms with Crippen LogP contribution in [0.3, 0.4) is 0 Å². The van der Waals surface area contributed by atoms with Crippen LogP contribution in [0.4, 0.5) is 0 Å². The Bertz CT molecular complexity index is 702. The summed E-state index contributed by atoms with van der Waals surface area (Å²) in [6.45, 7) is 0. The standard InChI is InChI=1S/C12H9N3OS/c16-12-11-10(14-7-15-12)9(6-13-11)17-8-4-2-1-3-5-8/h1-7,13H,(H,14,15,16). The molecule has 0 saturated carbocycles. The lowest BCUT2D eigenvalue weighted by molar-refractivity contribution is 1.16. The van der Waals surface area contributed by atoms with Gasteiger partial charge in [-0.1, -0.05) is 30.0 Å². The molecular weight excluding hydrogens is 234 g/mol. The first kappa shape index (κ1) is 10.2. The lowest BCUT2D eigenvalue weighted by Crippen LogP contribution is -2.05. The fraction of sp³-hybridized carbons (Fsp3) is 0. The summed E-state index contributed by atoms with van der Waals surface area (Å²) < 4.78 is 0. The number of aromatic nitrogens is 3. The third kappa shape index (κ3) is 1.85. The second-order valence-corrected chi connectivity index (χ2v) is 4.64. The highest BCUT2D eigenvalue weighted by atomic mass is 32.2. The number of benzene rings is 1. The first-order valence-corrected chi connectivity index (χ1v) is 5.94. The number of nitrogens with one attached hydrogen (secondary N) is 2. The first-order chi connectivity index (χ1) is 8.34. The number of aromatic amines is 2. The van der Waals surface area contributed by atoms with Gasteiger partial charge in [-0.25, -0.2) is 4.98 Å². The average molecular weight is 243 g/mol. The van der Waals surface area contributed by atoms with Crippen LogP contribution >= 0.6 is 11.8 Å². The van der Waals surface area contributed by atoms with Crippen molar-refractivity contribution in [3.8, 4) is 0 Å². The van der Waals surface area contributed by atoms with Crippen molar-refractivity contribution in [2.75, 3.05) is 0 Å². The zero-order chi connectivity index (χ0) is 11.7. The molecule has 4 nitrogen and oxygen atoms in total. The molecule has 0 spiro atoms. The molecule has 0 bridgehead atoms. The summed E-state index contributed by atoms with van der Waals surface area (Å²) in [7, 11) is 0. The number of H-pyrrole nitrogens is 2. The molecule has 0 unspecified atom stereocenters. The Kier molecular flexibility index (Phi) is 2.45. The van der Waals surface area contributed by atoms with Crippen molar-refractivity contribution < 1.29 is 0 Å². The van der Waals surface area contributed by atoms with E-state index in [-0.39, 0.29) is 5.56 Å². The molecule has 0 aliphatic heterocycles. The van der Waals surface area contributed by atoms with Crippen LogP contribution in [0.5, 0.6) is 0 Å². The fourth-order valence-electron chi connectivity index (χ4n) is 1.62. The van der Waals surface area contributed by atoms with Crippen molar-refractivity contribution in [3.05, 3.63) is 53.2 Å². The summed E-state index contributed by atoms with van der Waals surface area (Å²) in [5.74, 6) is 0. The summed E-state index contributed by atoms with van der Waals surface area (Å²) >= 11 is 1.59. The van der Waals surface area contributed by atoms with E-state index in [2.05, 4.69) is 15.0 Å². The van der Waals surface area contributed by atoms with Gasteiger partial charge in [0.15, 0.2) is 0 Å². The van der Waals surface area contributed by atoms with Crippen LogP contribution in [0.2, 0.25) is 0 Å². The van der Waals surface area contributed by atoms with Crippen LogP contribution in [-0.4, -0.2) is 15.0 Å². The average Bonchev–Trinajstić information content (AvgIpc) is 2.76. The maximum Gasteiger partial charge on any atom is 0.275 e. The van der Waals surface area contributed by atoms with Gasteiger partial charge in [0.25, 0.3) is 5.56 Å². The smallest absolute Gasteiger partial charge is 0.275 e. The summed E-state index contributed by atoms with van der Waals surface area (Å²) in [5.41, 5.74) is 1.09. The molecule has 2 aromatic heterocycles. The molecule has 0 amide bonds. The lowest BCUT2D eigenvalue weighted by Gasteiger charge is -1.98. The van der Waals surface area contributed by atoms with Crippen LogP contribution in [0.15, 0.2) is 57.4 Å². The van der Waals surface area contributed by atoms with Crippen LogP contribution in [-0.2, 0) is 0 Å². The molecule has 0 atom stereocenters. The zero-order valence-corrected chi connectivity index (χ0v) is 9.62. The van der Waals surface area contributed by atoms with E-state index in [1.807, 2.05) is 36.5 Å². The van der Waals surface area contributed by atoms with E-state index in [4.69, 9.17) is 0 Å². The summed E-state index contributed by atoms with van der Waals surface area (Å²) in [6.07, 6.45) is 3.23. The Hall–Kier alpha value is -2.01. The van der Waals surface area contributed by atoms with Crippen LogP contribution < -0.4 is 5.56 Å². The monoisotopic (exact) mass is 243 g/mol. The Labute approximate surface area is 101 Å². The first-order valence-electron chi connectivity index (χ1n) is 5.12.